The van der Waals surface area contributed by atoms with Gasteiger partial charge in [0.2, 0.25) is 5.95 Å². The maximum Gasteiger partial charge on any atom is 0.226 e. The van der Waals surface area contributed by atoms with Gasteiger partial charge >= 0.3 is 0 Å². The maximum atomic E-state index is 15.2. The molecule has 148 valence electrons. The Kier molecular flexibility index (Phi) is 4.44. The Morgan fingerprint density at radius 3 is 2.78 bits per heavy atom. The molecule has 0 amide bonds. The van der Waals surface area contributed by atoms with Crippen LogP contribution in [0.5, 0.6) is 0 Å². The largest absolute Gasteiger partial charge is 0.394 e. The lowest BCUT2D eigenvalue weighted by atomic mass is 9.98. The molecule has 2 aromatic rings. The van der Waals surface area contributed by atoms with Crippen LogP contribution < -0.4 is 10.2 Å². The normalized spacial score (nSPS) is 30.8. The number of fused-ring (bicyclic) bond motifs is 1. The summed E-state index contributed by atoms with van der Waals surface area (Å²) in [5.41, 5.74) is -1.14. The van der Waals surface area contributed by atoms with Gasteiger partial charge < -0.3 is 25.2 Å². The first-order valence-corrected chi connectivity index (χ1v) is 9.23. The van der Waals surface area contributed by atoms with Gasteiger partial charge in [-0.1, -0.05) is 0 Å². The van der Waals surface area contributed by atoms with E-state index in [1.54, 1.807) is 0 Å². The number of nitrogens with zero attached hydrogens (tertiary/aromatic N) is 5. The third-order valence-electron chi connectivity index (χ3n) is 5.32. The number of aliphatic hydroxyl groups is 2. The fraction of sp³-hybridized carbons (Fsp3) is 0.706. The fourth-order valence-electron chi connectivity index (χ4n) is 3.55. The number of ether oxygens (including phenoxy) is 1. The highest BCUT2D eigenvalue weighted by atomic mass is 19.1. The smallest absolute Gasteiger partial charge is 0.226 e. The number of imidazole rings is 1. The van der Waals surface area contributed by atoms with Crippen molar-refractivity contribution in [1.29, 1.82) is 0 Å². The van der Waals surface area contributed by atoms with Gasteiger partial charge in [0.1, 0.15) is 12.2 Å². The molecule has 10 heteroatoms. The molecule has 0 aromatic carbocycles. The Morgan fingerprint density at radius 1 is 1.44 bits per heavy atom. The summed E-state index contributed by atoms with van der Waals surface area (Å²) in [6.07, 6.45) is 0.0299. The van der Waals surface area contributed by atoms with Gasteiger partial charge in [0.05, 0.1) is 12.9 Å². The molecule has 0 radical (unpaired) electrons. The van der Waals surface area contributed by atoms with Gasteiger partial charge in [-0.3, -0.25) is 4.57 Å². The summed E-state index contributed by atoms with van der Waals surface area (Å²) in [5.74, 6) is 1.10. The van der Waals surface area contributed by atoms with E-state index in [0.29, 0.717) is 35.5 Å². The van der Waals surface area contributed by atoms with Crippen LogP contribution in [0.15, 0.2) is 6.33 Å². The minimum Gasteiger partial charge on any atom is -0.394 e. The van der Waals surface area contributed by atoms with Crippen molar-refractivity contribution >= 4 is 22.9 Å². The van der Waals surface area contributed by atoms with Crippen molar-refractivity contribution in [2.75, 3.05) is 30.4 Å². The van der Waals surface area contributed by atoms with Crippen LogP contribution in [0.2, 0.25) is 0 Å². The SMILES string of the molecule is CCNc1nc(N(C)C2CC2)c2ncn([C@@H]3O[C@H](CO)[C@@H](O)[C@@]3(C)F)c2n1. The Hall–Kier alpha value is -2.04. The van der Waals surface area contributed by atoms with E-state index in [-0.39, 0.29) is 0 Å². The lowest BCUT2D eigenvalue weighted by Crippen LogP contribution is -2.40. The molecule has 0 unspecified atom stereocenters. The number of aliphatic hydroxyl groups excluding tert-OH is 2. The molecule has 1 aliphatic heterocycles. The number of alkyl halides is 1. The van der Waals surface area contributed by atoms with E-state index >= 15 is 4.39 Å². The standard InChI is InChI=1S/C17H25FN6O3/c1-4-19-16-21-13(23(3)9-5-6-9)11-14(22-16)24(8-20-11)15-17(2,18)12(26)10(7-25)27-15/h8-10,12,15,25-26H,4-7H2,1-3H3,(H,19,21,22)/t10-,12-,15-,17-/m1/s1. The Morgan fingerprint density at radius 2 is 2.19 bits per heavy atom. The molecule has 2 aromatic heterocycles. The van der Waals surface area contributed by atoms with Crippen molar-refractivity contribution in [2.24, 2.45) is 0 Å². The van der Waals surface area contributed by atoms with E-state index in [0.717, 1.165) is 12.8 Å². The Bertz CT molecular complexity index is 839. The summed E-state index contributed by atoms with van der Waals surface area (Å²) in [6, 6.07) is 0.414. The topological polar surface area (TPSA) is 109 Å². The van der Waals surface area contributed by atoms with Gasteiger partial charge in [-0.15, -0.1) is 0 Å². The first-order valence-electron chi connectivity index (χ1n) is 9.23. The van der Waals surface area contributed by atoms with Crippen LogP contribution in [0.3, 0.4) is 0 Å². The number of halogens is 1. The number of hydrogen-bond acceptors (Lipinski definition) is 8. The highest BCUT2D eigenvalue weighted by Crippen LogP contribution is 2.43. The molecule has 27 heavy (non-hydrogen) atoms. The first kappa shape index (κ1) is 18.3. The summed E-state index contributed by atoms with van der Waals surface area (Å²) in [7, 11) is 1.96. The average Bonchev–Trinajstić information content (AvgIpc) is 3.37. The average molecular weight is 380 g/mol. The summed E-state index contributed by atoms with van der Waals surface area (Å²) in [4.78, 5) is 15.6. The number of rotatable bonds is 6. The van der Waals surface area contributed by atoms with Crippen LogP contribution in [0.4, 0.5) is 16.2 Å². The number of nitrogens with one attached hydrogen (secondary N) is 1. The second kappa shape index (κ2) is 6.54. The monoisotopic (exact) mass is 380 g/mol. The number of anilines is 2. The Labute approximate surface area is 156 Å². The van der Waals surface area contributed by atoms with Crippen molar-refractivity contribution in [3.05, 3.63) is 6.33 Å². The zero-order valence-electron chi connectivity index (χ0n) is 15.6. The van der Waals surface area contributed by atoms with Crippen LogP contribution in [0, 0.1) is 0 Å². The molecule has 1 aliphatic carbocycles. The van der Waals surface area contributed by atoms with Crippen molar-refractivity contribution in [1.82, 2.24) is 19.5 Å². The van der Waals surface area contributed by atoms with E-state index in [1.807, 2.05) is 14.0 Å². The van der Waals surface area contributed by atoms with Crippen LogP contribution in [0.1, 0.15) is 32.9 Å². The van der Waals surface area contributed by atoms with Gasteiger partial charge in [-0.2, -0.15) is 9.97 Å². The van der Waals surface area contributed by atoms with E-state index < -0.39 is 30.7 Å². The van der Waals surface area contributed by atoms with Gasteiger partial charge in [0.15, 0.2) is 28.9 Å². The van der Waals surface area contributed by atoms with Crippen LogP contribution in [0.25, 0.3) is 11.2 Å². The van der Waals surface area contributed by atoms with E-state index in [2.05, 4.69) is 25.2 Å². The molecule has 3 N–H and O–H groups in total. The maximum absolute atomic E-state index is 15.2. The van der Waals surface area contributed by atoms with Crippen molar-refractivity contribution < 1.29 is 19.3 Å². The van der Waals surface area contributed by atoms with Gasteiger partial charge in [0, 0.05) is 19.6 Å². The molecular formula is C17H25FN6O3. The van der Waals surface area contributed by atoms with Crippen molar-refractivity contribution in [3.63, 3.8) is 0 Å². The third kappa shape index (κ3) is 2.91. The van der Waals surface area contributed by atoms with Crippen molar-refractivity contribution in [3.8, 4) is 0 Å². The zero-order valence-corrected chi connectivity index (χ0v) is 15.6. The summed E-state index contributed by atoms with van der Waals surface area (Å²) in [5, 5.41) is 22.6. The highest BCUT2D eigenvalue weighted by molar-refractivity contribution is 5.85. The van der Waals surface area contributed by atoms with E-state index in [1.165, 1.54) is 17.8 Å². The lowest BCUT2D eigenvalue weighted by Gasteiger charge is -2.25. The third-order valence-corrected chi connectivity index (χ3v) is 5.32. The van der Waals surface area contributed by atoms with Crippen molar-refractivity contribution in [2.45, 2.75) is 56.8 Å². The van der Waals surface area contributed by atoms with Crippen LogP contribution in [-0.4, -0.2) is 73.8 Å². The summed E-state index contributed by atoms with van der Waals surface area (Å²) >= 11 is 0. The second-order valence-corrected chi connectivity index (χ2v) is 7.37. The molecular weight excluding hydrogens is 355 g/mol. The molecule has 2 fully saturated rings. The minimum atomic E-state index is -2.10. The highest BCUT2D eigenvalue weighted by Gasteiger charge is 2.55. The van der Waals surface area contributed by atoms with E-state index in [9.17, 15) is 10.2 Å². The molecule has 2 aliphatic rings. The lowest BCUT2D eigenvalue weighted by molar-refractivity contribution is -0.0566. The van der Waals surface area contributed by atoms with Crippen LogP contribution in [-0.2, 0) is 4.74 Å². The first-order chi connectivity index (χ1) is 12.9. The predicted octanol–water partition coefficient (Wildman–Crippen LogP) is 0.835. The second-order valence-electron chi connectivity index (χ2n) is 7.37. The molecule has 1 saturated carbocycles. The molecule has 3 heterocycles. The number of hydrogen-bond donors (Lipinski definition) is 3. The summed E-state index contributed by atoms with van der Waals surface area (Å²) < 4.78 is 22.3. The Balaban J connectivity index is 1.82. The quantitative estimate of drug-likeness (QED) is 0.676. The van der Waals surface area contributed by atoms with Crippen LogP contribution >= 0.6 is 0 Å². The molecule has 1 saturated heterocycles. The fourth-order valence-corrected chi connectivity index (χ4v) is 3.55. The zero-order chi connectivity index (χ0) is 19.3. The molecule has 0 bridgehead atoms. The van der Waals surface area contributed by atoms with Gasteiger partial charge in [-0.25, -0.2) is 9.37 Å². The minimum absolute atomic E-state index is 0.414. The summed E-state index contributed by atoms with van der Waals surface area (Å²) in [6.45, 7) is 3.36. The number of aromatic nitrogens is 4. The van der Waals surface area contributed by atoms with E-state index in [4.69, 9.17) is 4.74 Å². The molecule has 4 atom stereocenters. The predicted molar refractivity (Wildman–Crippen MR) is 97.4 cm³/mol. The van der Waals surface area contributed by atoms with Gasteiger partial charge in [-0.05, 0) is 26.7 Å². The molecule has 9 nitrogen and oxygen atoms in total. The van der Waals surface area contributed by atoms with Gasteiger partial charge in [0.25, 0.3) is 0 Å². The molecule has 0 spiro atoms. The molecule has 4 rings (SSSR count).